The molecule has 0 amide bonds. The summed E-state index contributed by atoms with van der Waals surface area (Å²) >= 11 is 3.46. The molecule has 0 atom stereocenters. The molecular weight excluding hydrogens is 298 g/mol. The van der Waals surface area contributed by atoms with Crippen molar-refractivity contribution >= 4 is 21.9 Å². The van der Waals surface area contributed by atoms with Gasteiger partial charge in [0.2, 0.25) is 0 Å². The highest BCUT2D eigenvalue weighted by Gasteiger charge is 2.08. The largest absolute Gasteiger partial charge is 0.464 e. The summed E-state index contributed by atoms with van der Waals surface area (Å²) in [7, 11) is 0. The van der Waals surface area contributed by atoms with Gasteiger partial charge in [0.1, 0.15) is 12.3 Å². The van der Waals surface area contributed by atoms with Gasteiger partial charge in [-0.1, -0.05) is 0 Å². The number of hydrogen-bond acceptors (Lipinski definition) is 4. The van der Waals surface area contributed by atoms with Gasteiger partial charge >= 0.3 is 5.97 Å². The molecule has 94 valence electrons. The average Bonchev–Trinajstić information content (AvgIpc) is 2.71. The molecule has 0 aliphatic carbocycles. The van der Waals surface area contributed by atoms with Crippen LogP contribution in [0.4, 0.5) is 0 Å². The second-order valence-electron chi connectivity index (χ2n) is 3.66. The normalized spacial score (nSPS) is 10.3. The molecule has 0 fully saturated rings. The highest BCUT2D eigenvalue weighted by Crippen LogP contribution is 2.25. The third-order valence-electron chi connectivity index (χ3n) is 2.30. The smallest absolute Gasteiger partial charge is 0.302 e. The molecule has 0 aromatic carbocycles. The minimum Gasteiger partial charge on any atom is -0.464 e. The van der Waals surface area contributed by atoms with Gasteiger partial charge in [-0.2, -0.15) is 5.10 Å². The van der Waals surface area contributed by atoms with Gasteiger partial charge < -0.3 is 4.74 Å². The van der Waals surface area contributed by atoms with E-state index in [-0.39, 0.29) is 5.97 Å². The second kappa shape index (κ2) is 5.77. The molecule has 0 radical (unpaired) electrons. The van der Waals surface area contributed by atoms with Crippen LogP contribution in [0.5, 0.6) is 0 Å². The van der Waals surface area contributed by atoms with Crippen molar-refractivity contribution < 1.29 is 9.53 Å². The number of nitrogens with zero attached hydrogens (tertiary/aromatic N) is 3. The Labute approximate surface area is 113 Å². The maximum atomic E-state index is 10.7. The van der Waals surface area contributed by atoms with Crippen LogP contribution in [0.2, 0.25) is 0 Å². The first kappa shape index (κ1) is 12.8. The van der Waals surface area contributed by atoms with Gasteiger partial charge in [-0.15, -0.1) is 0 Å². The third kappa shape index (κ3) is 3.16. The Bertz CT molecular complexity index is 540. The lowest BCUT2D eigenvalue weighted by Crippen LogP contribution is -2.09. The summed E-state index contributed by atoms with van der Waals surface area (Å²) in [6.07, 6.45) is 5.30. The summed E-state index contributed by atoms with van der Waals surface area (Å²) in [5, 5.41) is 4.43. The molecule has 0 bridgehead atoms. The van der Waals surface area contributed by atoms with E-state index >= 15 is 0 Å². The topological polar surface area (TPSA) is 57.0 Å². The zero-order chi connectivity index (χ0) is 13.0. The average molecular weight is 310 g/mol. The first-order valence-corrected chi connectivity index (χ1v) is 6.23. The summed E-state index contributed by atoms with van der Waals surface area (Å²) < 4.78 is 7.51. The Balaban J connectivity index is 2.10. The molecule has 2 heterocycles. The van der Waals surface area contributed by atoms with Crippen molar-refractivity contribution in [3.8, 4) is 11.3 Å². The summed E-state index contributed by atoms with van der Waals surface area (Å²) in [5.74, 6) is -0.282. The van der Waals surface area contributed by atoms with Crippen molar-refractivity contribution in [2.24, 2.45) is 0 Å². The van der Waals surface area contributed by atoms with Crippen molar-refractivity contribution in [1.82, 2.24) is 14.8 Å². The number of aromatic nitrogens is 3. The summed E-state index contributed by atoms with van der Waals surface area (Å²) in [6, 6.07) is 3.78. The fourth-order valence-electron chi connectivity index (χ4n) is 1.50. The molecule has 6 heteroatoms. The highest BCUT2D eigenvalue weighted by molar-refractivity contribution is 9.10. The third-order valence-corrected chi connectivity index (χ3v) is 2.88. The number of carbonyl (C=O) groups is 1. The van der Waals surface area contributed by atoms with Crippen LogP contribution < -0.4 is 0 Å². The van der Waals surface area contributed by atoms with E-state index < -0.39 is 0 Å². The van der Waals surface area contributed by atoms with Crippen molar-refractivity contribution in [3.63, 3.8) is 0 Å². The first-order chi connectivity index (χ1) is 8.66. The zero-order valence-corrected chi connectivity index (χ0v) is 11.4. The predicted molar refractivity (Wildman–Crippen MR) is 69.8 cm³/mol. The van der Waals surface area contributed by atoms with Crippen molar-refractivity contribution in [2.75, 3.05) is 6.61 Å². The standard InChI is InChI=1S/C12H12BrN3O2/c1-9(17)18-7-6-16-8-11(13)12(15-16)10-2-4-14-5-3-10/h2-5,8H,6-7H2,1H3. The zero-order valence-electron chi connectivity index (χ0n) is 9.84. The number of carbonyl (C=O) groups excluding carboxylic acids is 1. The number of pyridine rings is 1. The molecule has 5 nitrogen and oxygen atoms in total. The van der Waals surface area contributed by atoms with Crippen LogP contribution in [0.3, 0.4) is 0 Å². The van der Waals surface area contributed by atoms with Gasteiger partial charge in [0, 0.05) is 31.1 Å². The van der Waals surface area contributed by atoms with Gasteiger partial charge in [-0.3, -0.25) is 14.5 Å². The van der Waals surface area contributed by atoms with Crippen molar-refractivity contribution in [1.29, 1.82) is 0 Å². The fourth-order valence-corrected chi connectivity index (χ4v) is 2.04. The van der Waals surface area contributed by atoms with Gasteiger partial charge in [0.05, 0.1) is 11.0 Å². The molecule has 0 unspecified atom stereocenters. The van der Waals surface area contributed by atoms with Crippen LogP contribution in [0.15, 0.2) is 35.2 Å². The Hall–Kier alpha value is -1.69. The molecule has 2 aromatic rings. The molecule has 0 saturated heterocycles. The van der Waals surface area contributed by atoms with E-state index in [1.54, 1.807) is 17.1 Å². The minimum absolute atomic E-state index is 0.282. The minimum atomic E-state index is -0.282. The maximum absolute atomic E-state index is 10.7. The van der Waals surface area contributed by atoms with Crippen LogP contribution >= 0.6 is 15.9 Å². The lowest BCUT2D eigenvalue weighted by atomic mass is 10.2. The summed E-state index contributed by atoms with van der Waals surface area (Å²) in [5.41, 5.74) is 1.84. The van der Waals surface area contributed by atoms with E-state index in [4.69, 9.17) is 4.74 Å². The number of halogens is 1. The predicted octanol–water partition coefficient (Wildman–Crippen LogP) is 2.27. The maximum Gasteiger partial charge on any atom is 0.302 e. The molecule has 0 aliphatic rings. The van der Waals surface area contributed by atoms with Gasteiger partial charge in [0.25, 0.3) is 0 Å². The molecule has 2 aromatic heterocycles. The lowest BCUT2D eigenvalue weighted by Gasteiger charge is -2.01. The van der Waals surface area contributed by atoms with E-state index in [0.717, 1.165) is 15.7 Å². The van der Waals surface area contributed by atoms with E-state index in [2.05, 4.69) is 26.0 Å². The number of rotatable bonds is 4. The molecule has 0 aliphatic heterocycles. The molecule has 0 N–H and O–H groups in total. The molecule has 18 heavy (non-hydrogen) atoms. The molecule has 0 spiro atoms. The highest BCUT2D eigenvalue weighted by atomic mass is 79.9. The van der Waals surface area contributed by atoms with E-state index in [9.17, 15) is 4.79 Å². The number of esters is 1. The monoisotopic (exact) mass is 309 g/mol. The first-order valence-electron chi connectivity index (χ1n) is 5.43. The van der Waals surface area contributed by atoms with Crippen LogP contribution in [0, 0.1) is 0 Å². The van der Waals surface area contributed by atoms with Gasteiger partial charge in [0.15, 0.2) is 0 Å². The Morgan fingerprint density at radius 2 is 2.17 bits per heavy atom. The van der Waals surface area contributed by atoms with E-state index in [1.165, 1.54) is 6.92 Å². The van der Waals surface area contributed by atoms with Crippen LogP contribution in [0.25, 0.3) is 11.3 Å². The van der Waals surface area contributed by atoms with Crippen LogP contribution in [0.1, 0.15) is 6.92 Å². The summed E-state index contributed by atoms with van der Waals surface area (Å²) in [4.78, 5) is 14.6. The van der Waals surface area contributed by atoms with E-state index in [1.807, 2.05) is 18.3 Å². The van der Waals surface area contributed by atoms with Crippen molar-refractivity contribution in [3.05, 3.63) is 35.2 Å². The van der Waals surface area contributed by atoms with Crippen LogP contribution in [-0.4, -0.2) is 27.3 Å². The van der Waals surface area contributed by atoms with Crippen LogP contribution in [-0.2, 0) is 16.1 Å². The fraction of sp³-hybridized carbons (Fsp3) is 0.250. The number of hydrogen-bond donors (Lipinski definition) is 0. The Morgan fingerprint density at radius 3 is 2.83 bits per heavy atom. The Kier molecular flexibility index (Phi) is 4.09. The molecule has 2 rings (SSSR count). The Morgan fingerprint density at radius 1 is 1.44 bits per heavy atom. The van der Waals surface area contributed by atoms with E-state index in [0.29, 0.717) is 13.2 Å². The molecule has 0 saturated carbocycles. The number of ether oxygens (including phenoxy) is 1. The molecular formula is C12H12BrN3O2. The van der Waals surface area contributed by atoms with Crippen molar-refractivity contribution in [2.45, 2.75) is 13.5 Å². The van der Waals surface area contributed by atoms with Gasteiger partial charge in [-0.05, 0) is 28.1 Å². The SMILES string of the molecule is CC(=O)OCCn1cc(Br)c(-c2ccncc2)n1. The summed E-state index contributed by atoms with van der Waals surface area (Å²) in [6.45, 7) is 2.24. The lowest BCUT2D eigenvalue weighted by molar-refractivity contribution is -0.141. The quantitative estimate of drug-likeness (QED) is 0.813. The second-order valence-corrected chi connectivity index (χ2v) is 4.52. The van der Waals surface area contributed by atoms with Gasteiger partial charge in [-0.25, -0.2) is 0 Å².